The molecule has 0 aromatic heterocycles. The Kier molecular flexibility index (Phi) is 17.4. The summed E-state index contributed by atoms with van der Waals surface area (Å²) in [7, 11) is 0. The van der Waals surface area contributed by atoms with E-state index in [2.05, 4.69) is 327 Å². The summed E-state index contributed by atoms with van der Waals surface area (Å²) >= 11 is 0. The molecule has 0 saturated carbocycles. The maximum absolute atomic E-state index is 2.60. The van der Waals surface area contributed by atoms with Crippen molar-refractivity contribution in [2.75, 3.05) is 9.80 Å². The first-order chi connectivity index (χ1) is 42.3. The van der Waals surface area contributed by atoms with Crippen LogP contribution in [0.1, 0.15) is 211 Å². The SMILES string of the molecule is CCCCCCc1ccc(C2(CCCCc3ccc(N(c4ccc(C(C)(C)C)cc4)c4c5ccccc5c(N(c5ccc(C(C)(C)C)cc5)c5ccc(C(C)(C)C)cc5)c5ccccc45)cc3)c3cc(C(C)(C)C)ccc3-c3ccc(C(C)(C)C)cc32)cc1. The fraction of sp³-hybridized carbons (Fsp3) is 0.356. The highest BCUT2D eigenvalue weighted by Gasteiger charge is 2.45. The van der Waals surface area contributed by atoms with Crippen molar-refractivity contribution in [2.45, 2.75) is 201 Å². The highest BCUT2D eigenvalue weighted by Crippen LogP contribution is 2.57. The third-order valence-electron chi connectivity index (χ3n) is 19.5. The summed E-state index contributed by atoms with van der Waals surface area (Å²) in [5, 5.41) is 4.79. The van der Waals surface area contributed by atoms with Crippen LogP contribution < -0.4 is 9.80 Å². The highest BCUT2D eigenvalue weighted by atomic mass is 15.2. The van der Waals surface area contributed by atoms with Crippen molar-refractivity contribution in [3.05, 3.63) is 262 Å². The smallest absolute Gasteiger partial charge is 0.0619 e. The lowest BCUT2D eigenvalue weighted by Crippen LogP contribution is -2.28. The quantitative estimate of drug-likeness (QED) is 0.0509. The fourth-order valence-corrected chi connectivity index (χ4v) is 14.0. The molecule has 0 amide bonds. The minimum Gasteiger partial charge on any atom is -0.309 e. The molecule has 0 fully saturated rings. The molecule has 11 rings (SSSR count). The maximum Gasteiger partial charge on any atom is 0.0619 e. The van der Waals surface area contributed by atoms with E-state index in [1.807, 2.05) is 0 Å². The zero-order valence-corrected chi connectivity index (χ0v) is 56.9. The van der Waals surface area contributed by atoms with Gasteiger partial charge in [-0.3, -0.25) is 0 Å². The molecule has 89 heavy (non-hydrogen) atoms. The van der Waals surface area contributed by atoms with E-state index in [1.165, 1.54) is 125 Å². The zero-order valence-electron chi connectivity index (χ0n) is 56.9. The molecule has 0 heterocycles. The number of nitrogens with zero attached hydrogens (tertiary/aromatic N) is 2. The summed E-state index contributed by atoms with van der Waals surface area (Å²) in [6.07, 6.45) is 10.5. The largest absolute Gasteiger partial charge is 0.309 e. The van der Waals surface area contributed by atoms with E-state index in [9.17, 15) is 0 Å². The van der Waals surface area contributed by atoms with Crippen LogP contribution in [0.25, 0.3) is 32.7 Å². The predicted molar refractivity (Wildman–Crippen MR) is 388 cm³/mol. The first kappa shape index (κ1) is 62.9. The minimum atomic E-state index is -0.271. The van der Waals surface area contributed by atoms with Gasteiger partial charge in [0, 0.05) is 49.7 Å². The van der Waals surface area contributed by atoms with Crippen molar-refractivity contribution < 1.29 is 0 Å². The summed E-state index contributed by atoms with van der Waals surface area (Å²) in [4.78, 5) is 5.05. The van der Waals surface area contributed by atoms with E-state index in [0.29, 0.717) is 0 Å². The van der Waals surface area contributed by atoms with Crippen molar-refractivity contribution >= 4 is 55.7 Å². The average molecular weight is 1170 g/mol. The van der Waals surface area contributed by atoms with Gasteiger partial charge in [0.1, 0.15) is 0 Å². The van der Waals surface area contributed by atoms with Gasteiger partial charge < -0.3 is 9.80 Å². The van der Waals surface area contributed by atoms with E-state index in [1.54, 1.807) is 0 Å². The molecule has 0 N–H and O–H groups in total. The number of hydrogen-bond donors (Lipinski definition) is 0. The minimum absolute atomic E-state index is 0.0127. The maximum atomic E-state index is 2.60. The normalized spacial score (nSPS) is 13.4. The number of aryl methyl sites for hydroxylation is 2. The van der Waals surface area contributed by atoms with Crippen LogP contribution in [0.5, 0.6) is 0 Å². The van der Waals surface area contributed by atoms with E-state index in [4.69, 9.17) is 0 Å². The van der Waals surface area contributed by atoms with Crippen LogP contribution in [0.15, 0.2) is 206 Å². The Balaban J connectivity index is 0.991. The molecule has 0 radical (unpaired) electrons. The first-order valence-corrected chi connectivity index (χ1v) is 33.6. The second kappa shape index (κ2) is 24.6. The number of benzene rings is 10. The van der Waals surface area contributed by atoms with Crippen LogP contribution in [0.4, 0.5) is 34.1 Å². The topological polar surface area (TPSA) is 6.48 Å². The zero-order chi connectivity index (χ0) is 63.3. The third kappa shape index (κ3) is 12.8. The van der Waals surface area contributed by atoms with Gasteiger partial charge in [-0.25, -0.2) is 0 Å². The molecule has 0 saturated heterocycles. The van der Waals surface area contributed by atoms with E-state index in [-0.39, 0.29) is 32.5 Å². The van der Waals surface area contributed by atoms with Gasteiger partial charge >= 0.3 is 0 Å². The molecular formula is C87H100N2. The lowest BCUT2D eigenvalue weighted by atomic mass is 9.67. The van der Waals surface area contributed by atoms with Gasteiger partial charge in [-0.2, -0.15) is 0 Å². The molecule has 1 aliphatic rings. The van der Waals surface area contributed by atoms with Gasteiger partial charge in [-0.1, -0.05) is 294 Å². The lowest BCUT2D eigenvalue weighted by molar-refractivity contribution is 0.521. The van der Waals surface area contributed by atoms with E-state index >= 15 is 0 Å². The summed E-state index contributed by atoms with van der Waals surface area (Å²) in [5.41, 5.74) is 23.5. The Bertz CT molecular complexity index is 3910. The van der Waals surface area contributed by atoms with Crippen LogP contribution in [0, 0.1) is 0 Å². The number of fused-ring (bicyclic) bond motifs is 5. The van der Waals surface area contributed by atoms with Crippen molar-refractivity contribution in [3.63, 3.8) is 0 Å². The summed E-state index contributed by atoms with van der Waals surface area (Å²) in [6.45, 7) is 37.2. The van der Waals surface area contributed by atoms with Gasteiger partial charge in [0.15, 0.2) is 0 Å². The number of hydrogen-bond acceptors (Lipinski definition) is 2. The van der Waals surface area contributed by atoms with Gasteiger partial charge in [-0.15, -0.1) is 0 Å². The van der Waals surface area contributed by atoms with Crippen LogP contribution in [0.2, 0.25) is 0 Å². The molecule has 0 aliphatic heterocycles. The lowest BCUT2D eigenvalue weighted by Gasteiger charge is -2.35. The number of rotatable bonds is 17. The Labute approximate surface area is 536 Å². The molecule has 0 bridgehead atoms. The van der Waals surface area contributed by atoms with E-state index < -0.39 is 0 Å². The summed E-state index contributed by atoms with van der Waals surface area (Å²) in [6, 6.07) is 80.6. The summed E-state index contributed by atoms with van der Waals surface area (Å²) < 4.78 is 0. The van der Waals surface area contributed by atoms with Crippen LogP contribution in [-0.2, 0) is 45.3 Å². The predicted octanol–water partition coefficient (Wildman–Crippen LogP) is 25.3. The first-order valence-electron chi connectivity index (χ1n) is 33.6. The van der Waals surface area contributed by atoms with Crippen LogP contribution >= 0.6 is 0 Å². The Morgan fingerprint density at radius 3 is 0.933 bits per heavy atom. The second-order valence-corrected chi connectivity index (χ2v) is 31.2. The number of anilines is 6. The Morgan fingerprint density at radius 2 is 0.607 bits per heavy atom. The third-order valence-corrected chi connectivity index (χ3v) is 19.5. The molecule has 10 aromatic rings. The summed E-state index contributed by atoms with van der Waals surface area (Å²) in [5.74, 6) is 0. The van der Waals surface area contributed by atoms with Gasteiger partial charge in [0.2, 0.25) is 0 Å². The molecule has 2 nitrogen and oxygen atoms in total. The van der Waals surface area contributed by atoms with Crippen molar-refractivity contribution in [3.8, 4) is 11.1 Å². The Morgan fingerprint density at radius 1 is 0.303 bits per heavy atom. The van der Waals surface area contributed by atoms with Crippen LogP contribution in [0.3, 0.4) is 0 Å². The van der Waals surface area contributed by atoms with Crippen LogP contribution in [-0.4, -0.2) is 0 Å². The second-order valence-electron chi connectivity index (χ2n) is 31.2. The molecule has 0 unspecified atom stereocenters. The molecule has 0 atom stereocenters. The van der Waals surface area contributed by atoms with E-state index in [0.717, 1.165) is 54.9 Å². The van der Waals surface area contributed by atoms with Gasteiger partial charge in [-0.05, 0) is 174 Å². The van der Waals surface area contributed by atoms with Gasteiger partial charge in [0.25, 0.3) is 0 Å². The molecule has 1 aliphatic carbocycles. The number of unbranched alkanes of at least 4 members (excludes halogenated alkanes) is 4. The van der Waals surface area contributed by atoms with Crippen molar-refractivity contribution in [1.82, 2.24) is 0 Å². The average Bonchev–Trinajstić information content (AvgIpc) is 1.76. The van der Waals surface area contributed by atoms with Crippen molar-refractivity contribution in [1.29, 1.82) is 0 Å². The highest BCUT2D eigenvalue weighted by molar-refractivity contribution is 6.23. The van der Waals surface area contributed by atoms with Crippen molar-refractivity contribution in [2.24, 2.45) is 0 Å². The molecule has 0 spiro atoms. The monoisotopic (exact) mass is 1170 g/mol. The molecule has 10 aromatic carbocycles. The molecule has 2 heteroatoms. The Hall–Kier alpha value is -7.68. The standard InChI is InChI=1S/C87H100N2/c1-17-18-19-20-27-60-33-37-65(38-34-60)87(78-58-66(85(11,12)13)45-55-72(78)73-56-46-67(59-79(73)87)86(14,15)16)57-26-25-28-61-35-47-68(48-36-61)88(69-49-39-62(40-50-69)82(2,3)4)80-74-29-21-23-31-76(74)81(77-32-24-22-30-75(77)80)89(70-51-41-63(42-52-70)83(5,6)7)71-53-43-64(44-54-71)84(8,9)10/h21-24,29-56,58-59H,17-20,25-28,57H2,1-16H3. The fourth-order valence-electron chi connectivity index (χ4n) is 14.0. The van der Waals surface area contributed by atoms with Gasteiger partial charge in [0.05, 0.1) is 11.4 Å². The molecule has 458 valence electrons. The molecular weight excluding hydrogens is 1070 g/mol.